The van der Waals surface area contributed by atoms with Crippen LogP contribution >= 0.6 is 0 Å². The molecule has 1 saturated heterocycles. The lowest BCUT2D eigenvalue weighted by molar-refractivity contribution is -0.170. The van der Waals surface area contributed by atoms with Gasteiger partial charge in [0.2, 0.25) is 0 Å². The Bertz CT molecular complexity index is 177. The Balaban J connectivity index is 2.43. The summed E-state index contributed by atoms with van der Waals surface area (Å²) >= 11 is 0. The first-order valence-corrected chi connectivity index (χ1v) is 5.10. The zero-order valence-corrected chi connectivity index (χ0v) is 9.41. The van der Waals surface area contributed by atoms with Gasteiger partial charge in [0.05, 0.1) is 11.7 Å². The lowest BCUT2D eigenvalue weighted by atomic mass is 10.1. The smallest absolute Gasteiger partial charge is 0.152 e. The van der Waals surface area contributed by atoms with Crippen LogP contribution in [0.3, 0.4) is 0 Å². The molecule has 0 radical (unpaired) electrons. The first kappa shape index (κ1) is 11.9. The molecule has 1 aliphatic rings. The molecule has 0 aromatic heterocycles. The summed E-state index contributed by atoms with van der Waals surface area (Å²) in [6.45, 7) is 9.20. The molecule has 1 heterocycles. The van der Waals surface area contributed by atoms with Gasteiger partial charge in [0.25, 0.3) is 0 Å². The average Bonchev–Trinajstić information content (AvgIpc) is 2.32. The third kappa shape index (κ3) is 3.92. The summed E-state index contributed by atoms with van der Waals surface area (Å²) in [4.78, 5) is 0. The second-order valence-electron chi connectivity index (χ2n) is 4.70. The fraction of sp³-hybridized carbons (Fsp3) is 1.00. The summed E-state index contributed by atoms with van der Waals surface area (Å²) in [5.41, 5.74) is -0.170. The summed E-state index contributed by atoms with van der Waals surface area (Å²) in [6.07, 6.45) is -0.746. The Morgan fingerprint density at radius 2 is 1.86 bits per heavy atom. The largest absolute Gasteiger partial charge is 0.369 e. The number of ether oxygens (including phenoxy) is 2. The van der Waals surface area contributed by atoms with E-state index in [0.29, 0.717) is 0 Å². The topological polar surface area (TPSA) is 50.7 Å². The summed E-state index contributed by atoms with van der Waals surface area (Å²) in [5, 5.41) is 12.3. The van der Waals surface area contributed by atoms with E-state index in [1.54, 1.807) is 6.92 Å². The van der Waals surface area contributed by atoms with Crippen LogP contribution in [0.5, 0.6) is 0 Å². The van der Waals surface area contributed by atoms with Crippen LogP contribution in [0.2, 0.25) is 0 Å². The number of hydrogen-bond acceptors (Lipinski definition) is 4. The van der Waals surface area contributed by atoms with Gasteiger partial charge in [-0.15, -0.1) is 0 Å². The summed E-state index contributed by atoms with van der Waals surface area (Å²) in [7, 11) is 0. The molecule has 1 rings (SSSR count). The van der Waals surface area contributed by atoms with Gasteiger partial charge in [0.1, 0.15) is 6.10 Å². The van der Waals surface area contributed by atoms with E-state index in [2.05, 4.69) is 5.32 Å². The highest BCUT2D eigenvalue weighted by atomic mass is 16.6. The highest BCUT2D eigenvalue weighted by molar-refractivity contribution is 4.85. The maximum absolute atomic E-state index is 9.12. The third-order valence-corrected chi connectivity index (χ3v) is 1.98. The van der Waals surface area contributed by atoms with E-state index >= 15 is 0 Å². The number of nitrogens with one attached hydrogen (secondary N) is 1. The minimum Gasteiger partial charge on any atom is -0.369 e. The molecule has 2 N–H and O–H groups in total. The first-order valence-electron chi connectivity index (χ1n) is 5.10. The molecule has 0 bridgehead atoms. The Kier molecular flexibility index (Phi) is 3.89. The van der Waals surface area contributed by atoms with Crippen LogP contribution in [0.25, 0.3) is 0 Å². The van der Waals surface area contributed by atoms with E-state index < -0.39 is 6.29 Å². The normalized spacial score (nSPS) is 30.6. The molecule has 0 saturated carbocycles. The van der Waals surface area contributed by atoms with Gasteiger partial charge in [-0.2, -0.15) is 0 Å². The van der Waals surface area contributed by atoms with E-state index in [9.17, 15) is 0 Å². The molecule has 4 nitrogen and oxygen atoms in total. The Morgan fingerprint density at radius 3 is 2.36 bits per heavy atom. The van der Waals surface area contributed by atoms with Gasteiger partial charge in [-0.25, -0.2) is 0 Å². The monoisotopic (exact) mass is 203 g/mol. The summed E-state index contributed by atoms with van der Waals surface area (Å²) in [5.74, 6) is 0. The van der Waals surface area contributed by atoms with Crippen molar-refractivity contribution in [2.75, 3.05) is 13.1 Å². The van der Waals surface area contributed by atoms with Crippen LogP contribution in [-0.4, -0.2) is 42.3 Å². The van der Waals surface area contributed by atoms with Gasteiger partial charge >= 0.3 is 0 Å². The highest BCUT2D eigenvalue weighted by Gasteiger charge is 2.32. The van der Waals surface area contributed by atoms with Crippen LogP contribution in [0, 0.1) is 0 Å². The quantitative estimate of drug-likeness (QED) is 0.656. The molecule has 2 unspecified atom stereocenters. The Labute approximate surface area is 85.6 Å². The van der Waals surface area contributed by atoms with Gasteiger partial charge in [0, 0.05) is 13.1 Å². The van der Waals surface area contributed by atoms with Crippen LogP contribution in [0.4, 0.5) is 0 Å². The van der Waals surface area contributed by atoms with Gasteiger partial charge in [-0.1, -0.05) is 0 Å². The van der Waals surface area contributed by atoms with Crippen LogP contribution in [0.1, 0.15) is 27.7 Å². The molecule has 0 aliphatic carbocycles. The molecule has 1 aliphatic heterocycles. The number of hydrogen-bond donors (Lipinski definition) is 2. The average molecular weight is 203 g/mol. The van der Waals surface area contributed by atoms with Crippen molar-refractivity contribution >= 4 is 0 Å². The third-order valence-electron chi connectivity index (χ3n) is 1.98. The van der Waals surface area contributed by atoms with Crippen LogP contribution in [-0.2, 0) is 9.47 Å². The molecular formula is C10H21NO3. The molecule has 1 fully saturated rings. The van der Waals surface area contributed by atoms with Crippen molar-refractivity contribution < 1.29 is 14.6 Å². The van der Waals surface area contributed by atoms with Crippen LogP contribution < -0.4 is 5.32 Å². The fourth-order valence-electron chi connectivity index (χ4n) is 1.59. The van der Waals surface area contributed by atoms with Crippen molar-refractivity contribution in [1.82, 2.24) is 5.32 Å². The second kappa shape index (κ2) is 4.57. The lowest BCUT2D eigenvalue weighted by Gasteiger charge is -2.28. The Hall–Kier alpha value is -0.160. The van der Waals surface area contributed by atoms with Gasteiger partial charge in [0.15, 0.2) is 6.29 Å². The zero-order chi connectivity index (χ0) is 10.8. The number of aliphatic hydroxyl groups excluding tert-OH is 1. The van der Waals surface area contributed by atoms with Gasteiger partial charge < -0.3 is 19.9 Å². The van der Waals surface area contributed by atoms with Crippen molar-refractivity contribution in [2.45, 2.75) is 51.8 Å². The van der Waals surface area contributed by atoms with Crippen molar-refractivity contribution in [3.8, 4) is 0 Å². The van der Waals surface area contributed by atoms with E-state index in [-0.39, 0.29) is 17.8 Å². The molecule has 0 amide bonds. The first-order chi connectivity index (χ1) is 6.38. The molecule has 0 aromatic carbocycles. The standard InChI is InChI=1S/C10H21NO3/c1-7(12)13-8-5-11-6-9(8)14-10(2,3)4/h7-9,11-12H,5-6H2,1-4H3/t7-,8?,9?/m0/s1. The molecular weight excluding hydrogens is 182 g/mol. The SMILES string of the molecule is C[C@@H](O)OC1CNCC1OC(C)(C)C. The maximum Gasteiger partial charge on any atom is 0.152 e. The fourth-order valence-corrected chi connectivity index (χ4v) is 1.59. The zero-order valence-electron chi connectivity index (χ0n) is 9.41. The Morgan fingerprint density at radius 1 is 1.29 bits per heavy atom. The molecule has 14 heavy (non-hydrogen) atoms. The minimum absolute atomic E-state index is 0.0320. The van der Waals surface area contributed by atoms with Gasteiger partial charge in [-0.05, 0) is 27.7 Å². The lowest BCUT2D eigenvalue weighted by Crippen LogP contribution is -2.38. The van der Waals surface area contributed by atoms with E-state index in [1.165, 1.54) is 0 Å². The molecule has 4 heteroatoms. The molecule has 0 aromatic rings. The van der Waals surface area contributed by atoms with E-state index in [1.807, 2.05) is 20.8 Å². The highest BCUT2D eigenvalue weighted by Crippen LogP contribution is 2.18. The van der Waals surface area contributed by atoms with Crippen molar-refractivity contribution in [1.29, 1.82) is 0 Å². The predicted molar refractivity (Wildman–Crippen MR) is 54.0 cm³/mol. The van der Waals surface area contributed by atoms with Crippen molar-refractivity contribution in [3.63, 3.8) is 0 Å². The maximum atomic E-state index is 9.12. The summed E-state index contributed by atoms with van der Waals surface area (Å²) in [6, 6.07) is 0. The second-order valence-corrected chi connectivity index (χ2v) is 4.70. The number of aliphatic hydroxyl groups is 1. The van der Waals surface area contributed by atoms with Crippen molar-refractivity contribution in [3.05, 3.63) is 0 Å². The number of rotatable bonds is 3. The van der Waals surface area contributed by atoms with E-state index in [0.717, 1.165) is 13.1 Å². The van der Waals surface area contributed by atoms with E-state index in [4.69, 9.17) is 14.6 Å². The summed E-state index contributed by atoms with van der Waals surface area (Å²) < 4.78 is 11.2. The van der Waals surface area contributed by atoms with Crippen LogP contribution in [0.15, 0.2) is 0 Å². The molecule has 3 atom stereocenters. The van der Waals surface area contributed by atoms with Crippen molar-refractivity contribution in [2.24, 2.45) is 0 Å². The molecule has 84 valence electrons. The minimum atomic E-state index is -0.731. The molecule has 0 spiro atoms. The predicted octanol–water partition coefficient (Wildman–Crippen LogP) is 0.497. The van der Waals surface area contributed by atoms with Gasteiger partial charge in [-0.3, -0.25) is 0 Å².